The first-order valence-electron chi connectivity index (χ1n) is 6.40. The van der Waals surface area contributed by atoms with Crippen LogP contribution in [0.4, 0.5) is 0 Å². The minimum Gasteiger partial charge on any atom is -0.330 e. The van der Waals surface area contributed by atoms with E-state index in [1.54, 1.807) is 11.3 Å². The van der Waals surface area contributed by atoms with Crippen molar-refractivity contribution in [3.8, 4) is 10.6 Å². The van der Waals surface area contributed by atoms with E-state index in [0.717, 1.165) is 17.1 Å². The number of aryl methyl sites for hydroxylation is 2. The number of hydrogen-bond acceptors (Lipinski definition) is 3. The number of aromatic nitrogens is 1. The van der Waals surface area contributed by atoms with Crippen LogP contribution in [0.15, 0.2) is 24.3 Å². The summed E-state index contributed by atoms with van der Waals surface area (Å²) in [5.74, 6) is 0.445. The molecule has 2 N–H and O–H groups in total. The Morgan fingerprint density at radius 3 is 2.72 bits per heavy atom. The third-order valence-electron chi connectivity index (χ3n) is 3.25. The minimum atomic E-state index is 0.445. The fraction of sp³-hybridized carbons (Fsp3) is 0.400. The predicted octanol–water partition coefficient (Wildman–Crippen LogP) is 3.88. The second kappa shape index (κ2) is 5.63. The van der Waals surface area contributed by atoms with Gasteiger partial charge in [0.05, 0.1) is 5.69 Å². The smallest absolute Gasteiger partial charge is 0.123 e. The van der Waals surface area contributed by atoms with Crippen molar-refractivity contribution >= 4 is 11.3 Å². The highest BCUT2D eigenvalue weighted by Gasteiger charge is 2.16. The SMILES string of the molecule is CCC(CN)c1sc(-c2cccc(C)c2)nc1C. The monoisotopic (exact) mass is 260 g/mol. The molecule has 1 aromatic carbocycles. The Morgan fingerprint density at radius 2 is 2.11 bits per heavy atom. The van der Waals surface area contributed by atoms with Crippen LogP contribution in [0, 0.1) is 13.8 Å². The zero-order valence-corrected chi connectivity index (χ0v) is 12.1. The van der Waals surface area contributed by atoms with Crippen molar-refractivity contribution in [2.24, 2.45) is 5.73 Å². The molecule has 18 heavy (non-hydrogen) atoms. The Morgan fingerprint density at radius 1 is 1.33 bits per heavy atom. The normalized spacial score (nSPS) is 12.7. The minimum absolute atomic E-state index is 0.445. The molecule has 0 saturated carbocycles. The van der Waals surface area contributed by atoms with Crippen LogP contribution in [0.5, 0.6) is 0 Å². The highest BCUT2D eigenvalue weighted by molar-refractivity contribution is 7.15. The first-order chi connectivity index (χ1) is 8.65. The Balaban J connectivity index is 2.39. The molecule has 0 saturated heterocycles. The zero-order chi connectivity index (χ0) is 13.1. The van der Waals surface area contributed by atoms with Crippen molar-refractivity contribution in [1.82, 2.24) is 4.98 Å². The van der Waals surface area contributed by atoms with E-state index in [4.69, 9.17) is 10.7 Å². The van der Waals surface area contributed by atoms with E-state index >= 15 is 0 Å². The first-order valence-corrected chi connectivity index (χ1v) is 7.21. The van der Waals surface area contributed by atoms with Gasteiger partial charge in [-0.2, -0.15) is 0 Å². The first kappa shape index (κ1) is 13.2. The summed E-state index contributed by atoms with van der Waals surface area (Å²) in [6.07, 6.45) is 1.08. The maximum absolute atomic E-state index is 5.84. The Bertz CT molecular complexity index is 527. The molecule has 0 fully saturated rings. The van der Waals surface area contributed by atoms with Gasteiger partial charge in [-0.15, -0.1) is 11.3 Å². The fourth-order valence-corrected chi connectivity index (χ4v) is 3.41. The van der Waals surface area contributed by atoms with E-state index in [1.165, 1.54) is 16.0 Å². The molecule has 0 aliphatic heterocycles. The number of nitrogens with zero attached hydrogens (tertiary/aromatic N) is 1. The van der Waals surface area contributed by atoms with Crippen LogP contribution in [0.25, 0.3) is 10.6 Å². The third kappa shape index (κ3) is 2.62. The van der Waals surface area contributed by atoms with Crippen molar-refractivity contribution < 1.29 is 0 Å². The van der Waals surface area contributed by atoms with Gasteiger partial charge in [-0.3, -0.25) is 0 Å². The van der Waals surface area contributed by atoms with Gasteiger partial charge in [0.1, 0.15) is 5.01 Å². The second-order valence-electron chi connectivity index (χ2n) is 4.68. The van der Waals surface area contributed by atoms with Gasteiger partial charge in [0, 0.05) is 22.9 Å². The molecule has 1 heterocycles. The number of hydrogen-bond donors (Lipinski definition) is 1. The maximum atomic E-state index is 5.84. The molecular weight excluding hydrogens is 240 g/mol. The lowest BCUT2D eigenvalue weighted by atomic mass is 10.0. The topological polar surface area (TPSA) is 38.9 Å². The largest absolute Gasteiger partial charge is 0.330 e. The highest BCUT2D eigenvalue weighted by Crippen LogP contribution is 2.33. The van der Waals surface area contributed by atoms with Crippen molar-refractivity contribution in [1.29, 1.82) is 0 Å². The summed E-state index contributed by atoms with van der Waals surface area (Å²) in [4.78, 5) is 6.05. The predicted molar refractivity (Wildman–Crippen MR) is 79.1 cm³/mol. The third-order valence-corrected chi connectivity index (χ3v) is 4.61. The van der Waals surface area contributed by atoms with Gasteiger partial charge in [0.15, 0.2) is 0 Å². The molecule has 2 aromatic rings. The average molecular weight is 260 g/mol. The molecule has 96 valence electrons. The zero-order valence-electron chi connectivity index (χ0n) is 11.2. The van der Waals surface area contributed by atoms with Gasteiger partial charge in [-0.1, -0.05) is 30.7 Å². The second-order valence-corrected chi connectivity index (χ2v) is 5.71. The summed E-state index contributed by atoms with van der Waals surface area (Å²) in [7, 11) is 0. The summed E-state index contributed by atoms with van der Waals surface area (Å²) < 4.78 is 0. The van der Waals surface area contributed by atoms with Crippen LogP contribution in [-0.4, -0.2) is 11.5 Å². The van der Waals surface area contributed by atoms with Gasteiger partial charge in [-0.25, -0.2) is 4.98 Å². The van der Waals surface area contributed by atoms with Crippen molar-refractivity contribution in [3.63, 3.8) is 0 Å². The van der Waals surface area contributed by atoms with E-state index < -0.39 is 0 Å². The van der Waals surface area contributed by atoms with Crippen molar-refractivity contribution in [2.75, 3.05) is 6.54 Å². The van der Waals surface area contributed by atoms with E-state index in [2.05, 4.69) is 45.0 Å². The summed E-state index contributed by atoms with van der Waals surface area (Å²) in [6.45, 7) is 7.08. The van der Waals surface area contributed by atoms with E-state index in [9.17, 15) is 0 Å². The summed E-state index contributed by atoms with van der Waals surface area (Å²) in [6, 6.07) is 8.50. The summed E-state index contributed by atoms with van der Waals surface area (Å²) >= 11 is 1.79. The molecule has 0 bridgehead atoms. The molecule has 2 rings (SSSR count). The molecule has 0 amide bonds. The van der Waals surface area contributed by atoms with Crippen LogP contribution in [0.1, 0.15) is 35.4 Å². The van der Waals surface area contributed by atoms with E-state index in [0.29, 0.717) is 12.5 Å². The van der Waals surface area contributed by atoms with Crippen molar-refractivity contribution in [3.05, 3.63) is 40.4 Å². The van der Waals surface area contributed by atoms with Gasteiger partial charge in [0.25, 0.3) is 0 Å². The number of rotatable bonds is 4. The molecule has 0 aliphatic carbocycles. The molecule has 1 atom stereocenters. The average Bonchev–Trinajstić information content (AvgIpc) is 2.74. The molecule has 0 spiro atoms. The molecule has 2 nitrogen and oxygen atoms in total. The van der Waals surface area contributed by atoms with Gasteiger partial charge in [0.2, 0.25) is 0 Å². The van der Waals surface area contributed by atoms with Crippen molar-refractivity contribution in [2.45, 2.75) is 33.1 Å². The maximum Gasteiger partial charge on any atom is 0.123 e. The summed E-state index contributed by atoms with van der Waals surface area (Å²) in [5, 5.41) is 1.11. The van der Waals surface area contributed by atoms with Crippen LogP contribution in [0.2, 0.25) is 0 Å². The molecule has 1 unspecified atom stereocenters. The van der Waals surface area contributed by atoms with Crippen LogP contribution >= 0.6 is 11.3 Å². The van der Waals surface area contributed by atoms with Crippen LogP contribution in [0.3, 0.4) is 0 Å². The highest BCUT2D eigenvalue weighted by atomic mass is 32.1. The van der Waals surface area contributed by atoms with Gasteiger partial charge >= 0.3 is 0 Å². The number of nitrogens with two attached hydrogens (primary N) is 1. The fourth-order valence-electron chi connectivity index (χ4n) is 2.15. The van der Waals surface area contributed by atoms with E-state index in [-0.39, 0.29) is 0 Å². The van der Waals surface area contributed by atoms with E-state index in [1.807, 2.05) is 0 Å². The lowest BCUT2D eigenvalue weighted by Crippen LogP contribution is -2.11. The van der Waals surface area contributed by atoms with Gasteiger partial charge in [-0.05, 0) is 26.3 Å². The molecule has 1 aromatic heterocycles. The standard InChI is InChI=1S/C15H20N2S/c1-4-12(9-16)14-11(3)17-15(18-14)13-7-5-6-10(2)8-13/h5-8,12H,4,9,16H2,1-3H3. The lowest BCUT2D eigenvalue weighted by molar-refractivity contribution is 0.680. The lowest BCUT2D eigenvalue weighted by Gasteiger charge is -2.09. The van der Waals surface area contributed by atoms with Crippen LogP contribution < -0.4 is 5.73 Å². The number of benzene rings is 1. The molecule has 0 radical (unpaired) electrons. The van der Waals surface area contributed by atoms with Gasteiger partial charge < -0.3 is 5.73 Å². The Hall–Kier alpha value is -1.19. The molecular formula is C15H20N2S. The quantitative estimate of drug-likeness (QED) is 0.906. The van der Waals surface area contributed by atoms with Crippen LogP contribution in [-0.2, 0) is 0 Å². The molecule has 3 heteroatoms. The number of thiazole rings is 1. The molecule has 0 aliphatic rings. The Labute approximate surface area is 113 Å². The Kier molecular flexibility index (Phi) is 4.15. The summed E-state index contributed by atoms with van der Waals surface area (Å²) in [5.41, 5.74) is 9.45.